The first-order valence-corrected chi connectivity index (χ1v) is 8.13. The van der Waals surface area contributed by atoms with Crippen molar-refractivity contribution in [3.63, 3.8) is 0 Å². The fourth-order valence-corrected chi connectivity index (χ4v) is 3.18. The van der Waals surface area contributed by atoms with Gasteiger partial charge in [0.15, 0.2) is 0 Å². The van der Waals surface area contributed by atoms with Crippen LogP contribution >= 0.6 is 0 Å². The van der Waals surface area contributed by atoms with Gasteiger partial charge < -0.3 is 20.4 Å². The molecule has 2 rings (SSSR count). The molecule has 1 aliphatic rings. The zero-order valence-corrected chi connectivity index (χ0v) is 13.9. The Morgan fingerprint density at radius 1 is 1.17 bits per heavy atom. The SMILES string of the molecule is CC(C)c1ccc(F)c(CCN2C[C@H](O)[C@@H](O)[C@H](O)[C@H]2CO)c1F. The number of hydrogen-bond acceptors (Lipinski definition) is 5. The van der Waals surface area contributed by atoms with E-state index in [2.05, 4.69) is 0 Å². The molecule has 136 valence electrons. The van der Waals surface area contributed by atoms with Crippen LogP contribution in [0.5, 0.6) is 0 Å². The second-order valence-corrected chi connectivity index (χ2v) is 6.63. The van der Waals surface area contributed by atoms with Gasteiger partial charge in [0.2, 0.25) is 0 Å². The number of rotatable bonds is 5. The Morgan fingerprint density at radius 2 is 1.83 bits per heavy atom. The fourth-order valence-electron chi connectivity index (χ4n) is 3.18. The van der Waals surface area contributed by atoms with Gasteiger partial charge in [-0.3, -0.25) is 4.90 Å². The molecule has 1 aromatic carbocycles. The van der Waals surface area contributed by atoms with Crippen molar-refractivity contribution in [1.29, 1.82) is 0 Å². The molecule has 1 heterocycles. The van der Waals surface area contributed by atoms with Crippen LogP contribution in [0, 0.1) is 11.6 Å². The minimum absolute atomic E-state index is 0.0105. The standard InChI is InChI=1S/C17H25F2NO4/c1-9(2)10-3-4-12(18)11(15(10)19)5-6-20-7-14(22)17(24)16(23)13(20)8-21/h3-4,9,13-14,16-17,21-24H,5-8H2,1-2H3/t13-,14+,16-,17-/m1/s1. The second-order valence-electron chi connectivity index (χ2n) is 6.63. The third-order valence-corrected chi connectivity index (χ3v) is 4.70. The predicted molar refractivity (Wildman–Crippen MR) is 84.6 cm³/mol. The van der Waals surface area contributed by atoms with E-state index < -0.39 is 42.6 Å². The summed E-state index contributed by atoms with van der Waals surface area (Å²) >= 11 is 0. The van der Waals surface area contributed by atoms with Crippen LogP contribution in [0.1, 0.15) is 30.9 Å². The topological polar surface area (TPSA) is 84.2 Å². The average Bonchev–Trinajstić information content (AvgIpc) is 2.52. The van der Waals surface area contributed by atoms with E-state index in [9.17, 15) is 29.2 Å². The summed E-state index contributed by atoms with van der Waals surface area (Å²) < 4.78 is 28.5. The number of benzene rings is 1. The molecule has 4 N–H and O–H groups in total. The van der Waals surface area contributed by atoms with E-state index in [0.29, 0.717) is 5.56 Å². The molecule has 0 unspecified atom stereocenters. The maximum atomic E-state index is 14.5. The molecule has 1 saturated heterocycles. The van der Waals surface area contributed by atoms with Gasteiger partial charge in [-0.2, -0.15) is 0 Å². The molecule has 1 aliphatic heterocycles. The third kappa shape index (κ3) is 3.75. The first kappa shape index (κ1) is 19.2. The lowest BCUT2D eigenvalue weighted by Gasteiger charge is -2.43. The summed E-state index contributed by atoms with van der Waals surface area (Å²) in [5.41, 5.74) is 0.382. The summed E-state index contributed by atoms with van der Waals surface area (Å²) in [5, 5.41) is 38.8. The molecule has 0 spiro atoms. The Bertz CT molecular complexity index is 570. The minimum Gasteiger partial charge on any atom is -0.395 e. The van der Waals surface area contributed by atoms with E-state index in [1.54, 1.807) is 4.90 Å². The molecule has 0 aliphatic carbocycles. The van der Waals surface area contributed by atoms with Crippen LogP contribution in [0.3, 0.4) is 0 Å². The first-order chi connectivity index (χ1) is 11.3. The Labute approximate surface area is 140 Å². The molecule has 1 fully saturated rings. The molecule has 5 nitrogen and oxygen atoms in total. The Balaban J connectivity index is 2.16. The highest BCUT2D eigenvalue weighted by atomic mass is 19.1. The third-order valence-electron chi connectivity index (χ3n) is 4.70. The van der Waals surface area contributed by atoms with E-state index in [4.69, 9.17) is 0 Å². The molecular weight excluding hydrogens is 320 g/mol. The monoisotopic (exact) mass is 345 g/mol. The van der Waals surface area contributed by atoms with Crippen molar-refractivity contribution < 1.29 is 29.2 Å². The van der Waals surface area contributed by atoms with Crippen LogP contribution < -0.4 is 0 Å². The lowest BCUT2D eigenvalue weighted by atomic mass is 9.93. The van der Waals surface area contributed by atoms with E-state index in [1.165, 1.54) is 12.1 Å². The van der Waals surface area contributed by atoms with Crippen molar-refractivity contribution in [2.75, 3.05) is 19.7 Å². The minimum atomic E-state index is -1.35. The van der Waals surface area contributed by atoms with Gasteiger partial charge in [0.05, 0.1) is 18.8 Å². The van der Waals surface area contributed by atoms with E-state index in [-0.39, 0.29) is 31.0 Å². The Morgan fingerprint density at radius 3 is 2.42 bits per heavy atom. The summed E-state index contributed by atoms with van der Waals surface area (Å²) in [6.45, 7) is 3.36. The van der Waals surface area contributed by atoms with E-state index in [1.807, 2.05) is 13.8 Å². The molecular formula is C17H25F2NO4. The molecule has 0 aromatic heterocycles. The van der Waals surface area contributed by atoms with Gasteiger partial charge in [0.25, 0.3) is 0 Å². The van der Waals surface area contributed by atoms with E-state index >= 15 is 0 Å². The number of likely N-dealkylation sites (tertiary alicyclic amines) is 1. The quantitative estimate of drug-likeness (QED) is 0.621. The highest BCUT2D eigenvalue weighted by Crippen LogP contribution is 2.25. The highest BCUT2D eigenvalue weighted by Gasteiger charge is 2.40. The van der Waals surface area contributed by atoms with Gasteiger partial charge in [-0.25, -0.2) is 8.78 Å². The van der Waals surface area contributed by atoms with Crippen molar-refractivity contribution in [2.24, 2.45) is 0 Å². The second kappa shape index (κ2) is 7.84. The summed E-state index contributed by atoms with van der Waals surface area (Å²) in [6, 6.07) is 1.88. The molecule has 0 saturated carbocycles. The largest absolute Gasteiger partial charge is 0.395 e. The van der Waals surface area contributed by atoms with Gasteiger partial charge in [-0.1, -0.05) is 19.9 Å². The van der Waals surface area contributed by atoms with Gasteiger partial charge in [0, 0.05) is 18.7 Å². The van der Waals surface area contributed by atoms with Gasteiger partial charge in [-0.05, 0) is 24.0 Å². The first-order valence-electron chi connectivity index (χ1n) is 8.13. The average molecular weight is 345 g/mol. The van der Waals surface area contributed by atoms with Gasteiger partial charge in [0.1, 0.15) is 23.8 Å². The number of β-amino-alcohol motifs (C(OH)–C–C–N with tert-alkyl or cyclic N) is 1. The van der Waals surface area contributed by atoms with Crippen LogP contribution in [0.2, 0.25) is 0 Å². The number of nitrogens with zero attached hydrogens (tertiary/aromatic N) is 1. The molecule has 0 radical (unpaired) electrons. The summed E-state index contributed by atoms with van der Waals surface area (Å²) in [5.74, 6) is -1.30. The lowest BCUT2D eigenvalue weighted by molar-refractivity contribution is -0.144. The van der Waals surface area contributed by atoms with Crippen LogP contribution in [0.4, 0.5) is 8.78 Å². The summed E-state index contributed by atoms with van der Waals surface area (Å²) in [6.07, 6.45) is -3.82. The number of halogens is 2. The molecule has 0 bridgehead atoms. The van der Waals surface area contributed by atoms with Crippen molar-refractivity contribution in [2.45, 2.75) is 50.5 Å². The predicted octanol–water partition coefficient (Wildman–Crippen LogP) is 0.390. The molecule has 4 atom stereocenters. The van der Waals surface area contributed by atoms with Crippen LogP contribution in [0.25, 0.3) is 0 Å². The number of aliphatic hydroxyl groups excluding tert-OH is 4. The normalized spacial score (nSPS) is 28.5. The maximum absolute atomic E-state index is 14.5. The van der Waals surface area contributed by atoms with Crippen LogP contribution in [-0.2, 0) is 6.42 Å². The zero-order chi connectivity index (χ0) is 18.0. The summed E-state index contributed by atoms with van der Waals surface area (Å²) in [4.78, 5) is 1.54. The Hall–Kier alpha value is -1.12. The molecule has 7 heteroatoms. The summed E-state index contributed by atoms with van der Waals surface area (Å²) in [7, 11) is 0. The molecule has 0 amide bonds. The zero-order valence-electron chi connectivity index (χ0n) is 13.9. The van der Waals surface area contributed by atoms with Crippen molar-refractivity contribution in [1.82, 2.24) is 4.90 Å². The smallest absolute Gasteiger partial charge is 0.132 e. The number of piperidine rings is 1. The number of aliphatic hydroxyl groups is 4. The highest BCUT2D eigenvalue weighted by molar-refractivity contribution is 5.30. The Kier molecular flexibility index (Phi) is 6.28. The number of hydrogen-bond donors (Lipinski definition) is 4. The van der Waals surface area contributed by atoms with Crippen molar-refractivity contribution >= 4 is 0 Å². The fraction of sp³-hybridized carbons (Fsp3) is 0.647. The van der Waals surface area contributed by atoms with Crippen LogP contribution in [0.15, 0.2) is 12.1 Å². The van der Waals surface area contributed by atoms with Crippen molar-refractivity contribution in [3.8, 4) is 0 Å². The maximum Gasteiger partial charge on any atom is 0.132 e. The van der Waals surface area contributed by atoms with Gasteiger partial charge in [-0.15, -0.1) is 0 Å². The lowest BCUT2D eigenvalue weighted by Crippen LogP contribution is -2.62. The van der Waals surface area contributed by atoms with Crippen molar-refractivity contribution in [3.05, 3.63) is 34.9 Å². The van der Waals surface area contributed by atoms with E-state index in [0.717, 1.165) is 0 Å². The molecule has 1 aromatic rings. The van der Waals surface area contributed by atoms with Crippen LogP contribution in [-0.4, -0.2) is 69.4 Å². The van der Waals surface area contributed by atoms with Gasteiger partial charge >= 0.3 is 0 Å². The molecule has 24 heavy (non-hydrogen) atoms.